The van der Waals surface area contributed by atoms with Crippen LogP contribution in [0.3, 0.4) is 0 Å². The van der Waals surface area contributed by atoms with Crippen molar-refractivity contribution < 1.29 is 14.2 Å². The maximum atomic E-state index is 6.17. The fourth-order valence-electron chi connectivity index (χ4n) is 3.28. The molecule has 30 heavy (non-hydrogen) atoms. The minimum absolute atomic E-state index is 0.442. The molecule has 7 heteroatoms. The Hall–Kier alpha value is -2.94. The summed E-state index contributed by atoms with van der Waals surface area (Å²) in [4.78, 5) is 4.48. The zero-order valence-electron chi connectivity index (χ0n) is 16.8. The normalized spacial score (nSPS) is 10.9. The minimum Gasteiger partial charge on any atom is -0.497 e. The molecule has 4 rings (SSSR count). The van der Waals surface area contributed by atoms with Crippen molar-refractivity contribution in [2.45, 2.75) is 13.2 Å². The second-order valence-electron chi connectivity index (χ2n) is 6.81. The van der Waals surface area contributed by atoms with Crippen molar-refractivity contribution in [3.8, 4) is 17.2 Å². The second kappa shape index (κ2) is 8.83. The average Bonchev–Trinajstić information content (AvgIpc) is 3.07. The van der Waals surface area contributed by atoms with Gasteiger partial charge >= 0.3 is 0 Å². The highest BCUT2D eigenvalue weighted by Gasteiger charge is 2.12. The number of aromatic nitrogens is 2. The highest BCUT2D eigenvalue weighted by atomic mass is 127. The summed E-state index contributed by atoms with van der Waals surface area (Å²) in [7, 11) is 3.29. The van der Waals surface area contributed by atoms with E-state index in [0.717, 1.165) is 31.5 Å². The number of nitrogens with zero attached hydrogens (tertiary/aromatic N) is 2. The Labute approximate surface area is 188 Å². The van der Waals surface area contributed by atoms with Gasteiger partial charge in [-0.2, -0.15) is 0 Å². The fourth-order valence-corrected chi connectivity index (χ4v) is 3.76. The molecule has 0 aliphatic rings. The fraction of sp³-hybridized carbons (Fsp3) is 0.174. The van der Waals surface area contributed by atoms with E-state index in [2.05, 4.69) is 33.6 Å². The van der Waals surface area contributed by atoms with Crippen LogP contribution < -0.4 is 19.9 Å². The van der Waals surface area contributed by atoms with Crippen LogP contribution in [-0.4, -0.2) is 23.8 Å². The molecular formula is C23H22IN3O3. The molecule has 0 saturated heterocycles. The molecule has 0 bridgehead atoms. The van der Waals surface area contributed by atoms with E-state index in [1.54, 1.807) is 14.2 Å². The molecular weight excluding hydrogens is 493 g/mol. The molecule has 0 radical (unpaired) electrons. The van der Waals surface area contributed by atoms with Gasteiger partial charge in [-0.3, -0.25) is 0 Å². The number of fused-ring (bicyclic) bond motifs is 1. The zero-order valence-corrected chi connectivity index (χ0v) is 18.9. The van der Waals surface area contributed by atoms with Gasteiger partial charge < -0.3 is 24.5 Å². The number of hydrogen-bond acceptors (Lipinski definition) is 5. The molecule has 4 aromatic rings. The van der Waals surface area contributed by atoms with E-state index in [0.29, 0.717) is 30.6 Å². The Bertz CT molecular complexity index is 1170. The lowest BCUT2D eigenvalue weighted by Gasteiger charge is -2.13. The van der Waals surface area contributed by atoms with Gasteiger partial charge in [-0.05, 0) is 76.2 Å². The van der Waals surface area contributed by atoms with Gasteiger partial charge in [0.05, 0.1) is 31.8 Å². The minimum atomic E-state index is 0.442. The molecule has 1 heterocycles. The lowest BCUT2D eigenvalue weighted by atomic mass is 10.2. The largest absolute Gasteiger partial charge is 0.497 e. The predicted octanol–water partition coefficient (Wildman–Crippen LogP) is 4.87. The van der Waals surface area contributed by atoms with Crippen LogP contribution in [0.4, 0.5) is 5.95 Å². The number of rotatable bonds is 7. The number of methoxy groups -OCH3 is 2. The van der Waals surface area contributed by atoms with Crippen LogP contribution in [0.5, 0.6) is 17.2 Å². The molecule has 2 N–H and O–H groups in total. The molecule has 3 aromatic carbocycles. The van der Waals surface area contributed by atoms with E-state index < -0.39 is 0 Å². The van der Waals surface area contributed by atoms with Gasteiger partial charge in [-0.1, -0.05) is 18.2 Å². The molecule has 0 fully saturated rings. The summed E-state index contributed by atoms with van der Waals surface area (Å²) in [6.45, 7) is 1.04. The molecule has 0 saturated carbocycles. The molecule has 0 aliphatic carbocycles. The third kappa shape index (κ3) is 4.30. The number of ether oxygens (including phenoxy) is 3. The first-order valence-electron chi connectivity index (χ1n) is 9.41. The SMILES string of the molecule is COc1ccc(COc2ccc(Cn3c(N)nc4cc(I)ccc43)cc2OC)cc1. The summed E-state index contributed by atoms with van der Waals surface area (Å²) in [5.74, 6) is 2.68. The van der Waals surface area contributed by atoms with E-state index in [-0.39, 0.29) is 0 Å². The van der Waals surface area contributed by atoms with Crippen molar-refractivity contribution in [3.63, 3.8) is 0 Å². The van der Waals surface area contributed by atoms with E-state index in [1.807, 2.05) is 59.2 Å². The first kappa shape index (κ1) is 20.3. The maximum Gasteiger partial charge on any atom is 0.201 e. The van der Waals surface area contributed by atoms with Gasteiger partial charge in [0.15, 0.2) is 11.5 Å². The summed E-state index contributed by atoms with van der Waals surface area (Å²) in [5.41, 5.74) is 10.2. The van der Waals surface area contributed by atoms with Gasteiger partial charge in [-0.15, -0.1) is 0 Å². The van der Waals surface area contributed by atoms with Gasteiger partial charge in [0.1, 0.15) is 12.4 Å². The van der Waals surface area contributed by atoms with Crippen molar-refractivity contribution in [3.05, 3.63) is 75.4 Å². The predicted molar refractivity (Wildman–Crippen MR) is 126 cm³/mol. The molecule has 0 atom stereocenters. The Balaban J connectivity index is 1.53. The molecule has 154 valence electrons. The highest BCUT2D eigenvalue weighted by molar-refractivity contribution is 14.1. The van der Waals surface area contributed by atoms with Crippen molar-refractivity contribution in [2.24, 2.45) is 0 Å². The Morgan fingerprint density at radius 2 is 1.67 bits per heavy atom. The zero-order chi connectivity index (χ0) is 21.1. The summed E-state index contributed by atoms with van der Waals surface area (Å²) < 4.78 is 19.9. The number of halogens is 1. The molecule has 0 spiro atoms. The van der Waals surface area contributed by atoms with Crippen LogP contribution in [0.1, 0.15) is 11.1 Å². The first-order valence-corrected chi connectivity index (χ1v) is 10.5. The first-order chi connectivity index (χ1) is 14.6. The maximum absolute atomic E-state index is 6.17. The summed E-state index contributed by atoms with van der Waals surface area (Å²) in [6.07, 6.45) is 0. The Morgan fingerprint density at radius 1 is 0.900 bits per heavy atom. The van der Waals surface area contributed by atoms with Crippen LogP contribution in [0, 0.1) is 3.57 Å². The highest BCUT2D eigenvalue weighted by Crippen LogP contribution is 2.30. The topological polar surface area (TPSA) is 71.5 Å². The van der Waals surface area contributed by atoms with Crippen molar-refractivity contribution in [1.82, 2.24) is 9.55 Å². The monoisotopic (exact) mass is 515 g/mol. The van der Waals surface area contributed by atoms with Crippen molar-refractivity contribution >= 4 is 39.6 Å². The Kier molecular flexibility index (Phi) is 5.98. The molecule has 0 amide bonds. The van der Waals surface area contributed by atoms with Crippen LogP contribution in [0.25, 0.3) is 11.0 Å². The lowest BCUT2D eigenvalue weighted by Crippen LogP contribution is -2.05. The molecule has 0 unspecified atom stereocenters. The number of hydrogen-bond donors (Lipinski definition) is 1. The van der Waals surface area contributed by atoms with Crippen LogP contribution in [0.15, 0.2) is 60.7 Å². The summed E-state index contributed by atoms with van der Waals surface area (Å²) in [6, 6.07) is 19.8. The number of imidazole rings is 1. The lowest BCUT2D eigenvalue weighted by molar-refractivity contribution is 0.284. The van der Waals surface area contributed by atoms with Gasteiger partial charge in [0, 0.05) is 3.57 Å². The van der Waals surface area contributed by atoms with Gasteiger partial charge in [-0.25, -0.2) is 4.98 Å². The van der Waals surface area contributed by atoms with E-state index in [9.17, 15) is 0 Å². The van der Waals surface area contributed by atoms with Crippen LogP contribution >= 0.6 is 22.6 Å². The number of nitrogens with two attached hydrogens (primary N) is 1. The third-order valence-electron chi connectivity index (χ3n) is 4.86. The Morgan fingerprint density at radius 3 is 2.40 bits per heavy atom. The van der Waals surface area contributed by atoms with Gasteiger partial charge in [0.25, 0.3) is 0 Å². The second-order valence-corrected chi connectivity index (χ2v) is 8.06. The van der Waals surface area contributed by atoms with Crippen LogP contribution in [0.2, 0.25) is 0 Å². The van der Waals surface area contributed by atoms with E-state index in [4.69, 9.17) is 19.9 Å². The van der Waals surface area contributed by atoms with Crippen LogP contribution in [-0.2, 0) is 13.2 Å². The molecule has 6 nitrogen and oxygen atoms in total. The van der Waals surface area contributed by atoms with Crippen molar-refractivity contribution in [2.75, 3.05) is 20.0 Å². The van der Waals surface area contributed by atoms with Crippen molar-refractivity contribution in [1.29, 1.82) is 0 Å². The number of nitrogen functional groups attached to an aromatic ring is 1. The summed E-state index contributed by atoms with van der Waals surface area (Å²) >= 11 is 2.27. The number of benzene rings is 3. The van der Waals surface area contributed by atoms with E-state index >= 15 is 0 Å². The summed E-state index contributed by atoms with van der Waals surface area (Å²) in [5, 5.41) is 0. The smallest absolute Gasteiger partial charge is 0.201 e. The molecule has 0 aliphatic heterocycles. The third-order valence-corrected chi connectivity index (χ3v) is 5.53. The molecule has 1 aromatic heterocycles. The van der Waals surface area contributed by atoms with E-state index in [1.165, 1.54) is 0 Å². The number of anilines is 1. The standard InChI is InChI=1S/C23H22IN3O3/c1-28-18-7-3-15(4-8-18)14-30-21-10-5-16(11-22(21)29-2)13-27-20-9-6-17(24)12-19(20)26-23(27)25/h3-12H,13-14H2,1-2H3,(H2,25,26). The van der Waals surface area contributed by atoms with Gasteiger partial charge in [0.2, 0.25) is 5.95 Å². The average molecular weight is 515 g/mol. The quantitative estimate of drug-likeness (QED) is 0.356.